The van der Waals surface area contributed by atoms with Gasteiger partial charge >= 0.3 is 0 Å². The Morgan fingerprint density at radius 2 is 1.36 bits per heavy atom. The van der Waals surface area contributed by atoms with E-state index in [4.69, 9.17) is 26.2 Å². The van der Waals surface area contributed by atoms with E-state index in [1.54, 1.807) is 12.1 Å². The molecule has 3 aliphatic heterocycles. The van der Waals surface area contributed by atoms with Crippen molar-refractivity contribution in [3.8, 4) is 45.3 Å². The van der Waals surface area contributed by atoms with Crippen LogP contribution < -0.4 is 16.2 Å². The van der Waals surface area contributed by atoms with Gasteiger partial charge < -0.3 is 45.6 Å². The second-order valence-corrected chi connectivity index (χ2v) is 16.7. The van der Waals surface area contributed by atoms with Gasteiger partial charge in [0.2, 0.25) is 18.0 Å². The van der Waals surface area contributed by atoms with Gasteiger partial charge in [0, 0.05) is 40.7 Å². The highest BCUT2D eigenvalue weighted by Gasteiger charge is 2.37. The number of rotatable bonds is 9. The first kappa shape index (κ1) is 37.6. The fourth-order valence-corrected chi connectivity index (χ4v) is 8.82. The van der Waals surface area contributed by atoms with Crippen LogP contribution >= 0.6 is 0 Å². The summed E-state index contributed by atoms with van der Waals surface area (Å²) < 4.78 is 9.04. The van der Waals surface area contributed by atoms with Crippen molar-refractivity contribution in [2.45, 2.75) is 83.8 Å². The first-order valence-electron chi connectivity index (χ1n) is 20.4. The molecule has 3 aromatic carbocycles. The van der Waals surface area contributed by atoms with Crippen molar-refractivity contribution >= 4 is 22.7 Å². The number of aromatic amines is 2. The summed E-state index contributed by atoms with van der Waals surface area (Å²) in [6.45, 7) is 9.22. The van der Waals surface area contributed by atoms with E-state index < -0.39 is 18.3 Å². The van der Waals surface area contributed by atoms with Gasteiger partial charge in [-0.1, -0.05) is 52.0 Å². The topological polar surface area (TPSA) is 184 Å². The molecule has 13 heteroatoms. The number of likely N-dealkylation sites (tertiary alicyclic amines) is 2. The summed E-state index contributed by atoms with van der Waals surface area (Å²) in [5, 5.41) is 11.6. The molecule has 3 aliphatic rings. The molecule has 300 valence electrons. The molecule has 2 saturated heterocycles. The van der Waals surface area contributed by atoms with Gasteiger partial charge in [-0.15, -0.1) is 0 Å². The van der Waals surface area contributed by atoms with E-state index in [2.05, 4.69) is 50.9 Å². The van der Waals surface area contributed by atoms with Crippen molar-refractivity contribution < 1.29 is 19.4 Å². The number of H-pyrrole nitrogens is 2. The molecule has 0 radical (unpaired) electrons. The van der Waals surface area contributed by atoms with Crippen molar-refractivity contribution in [1.82, 2.24) is 34.3 Å². The second kappa shape index (κ2) is 14.8. The van der Waals surface area contributed by atoms with E-state index in [9.17, 15) is 14.7 Å². The molecule has 6 aromatic rings. The van der Waals surface area contributed by atoms with E-state index in [1.807, 2.05) is 68.1 Å². The highest BCUT2D eigenvalue weighted by Crippen LogP contribution is 2.46. The van der Waals surface area contributed by atoms with Crippen LogP contribution in [0.15, 0.2) is 79.1 Å². The average Bonchev–Trinajstić information content (AvgIpc) is 4.07. The van der Waals surface area contributed by atoms with E-state index in [0.29, 0.717) is 18.8 Å². The molecule has 0 bridgehead atoms. The Hall–Kier alpha value is -5.92. The van der Waals surface area contributed by atoms with Crippen LogP contribution in [0.4, 0.5) is 0 Å². The van der Waals surface area contributed by atoms with Gasteiger partial charge in [-0.3, -0.25) is 9.59 Å². The van der Waals surface area contributed by atoms with Crippen LogP contribution in [-0.2, 0) is 9.59 Å². The number of nitrogens with two attached hydrogens (primary N) is 2. The van der Waals surface area contributed by atoms with Crippen LogP contribution in [0.1, 0.15) is 88.9 Å². The van der Waals surface area contributed by atoms with Gasteiger partial charge in [0.25, 0.3) is 0 Å². The zero-order valence-electron chi connectivity index (χ0n) is 33.4. The number of aromatic hydroxyl groups is 1. The lowest BCUT2D eigenvalue weighted by atomic mass is 10.0. The minimum Gasteiger partial charge on any atom is -0.508 e. The van der Waals surface area contributed by atoms with Crippen molar-refractivity contribution in [1.29, 1.82) is 0 Å². The average molecular weight is 782 g/mol. The molecule has 7 N–H and O–H groups in total. The third kappa shape index (κ3) is 6.51. The first-order chi connectivity index (χ1) is 28.0. The molecular weight excluding hydrogens is 731 g/mol. The number of ether oxygens (including phenoxy) is 1. The number of hydrogen-bond acceptors (Lipinski definition) is 8. The number of imidazole rings is 2. The molecule has 0 spiro atoms. The molecule has 0 aliphatic carbocycles. The number of phenolic OH excluding ortho intramolecular Hbond substituents is 1. The van der Waals surface area contributed by atoms with Crippen LogP contribution in [0.5, 0.6) is 11.5 Å². The fourth-order valence-electron chi connectivity index (χ4n) is 8.82. The summed E-state index contributed by atoms with van der Waals surface area (Å²) in [7, 11) is 0. The molecule has 5 atom stereocenters. The Bertz CT molecular complexity index is 2520. The van der Waals surface area contributed by atoms with Crippen LogP contribution in [0, 0.1) is 11.8 Å². The van der Waals surface area contributed by atoms with E-state index >= 15 is 0 Å². The summed E-state index contributed by atoms with van der Waals surface area (Å²) >= 11 is 0. The quantitative estimate of drug-likeness (QED) is 0.104. The van der Waals surface area contributed by atoms with Gasteiger partial charge in [0.05, 0.1) is 59.2 Å². The molecule has 3 aromatic heterocycles. The highest BCUT2D eigenvalue weighted by atomic mass is 16.5. The molecule has 2 amide bonds. The fraction of sp³-hybridized carbons (Fsp3) is 0.378. The number of aromatic nitrogens is 5. The van der Waals surface area contributed by atoms with Crippen LogP contribution in [0.25, 0.3) is 44.7 Å². The van der Waals surface area contributed by atoms with Crippen molar-refractivity contribution in [2.24, 2.45) is 23.3 Å². The highest BCUT2D eigenvalue weighted by molar-refractivity contribution is 5.92. The number of carbonyl (C=O) groups excluding carboxylic acids is 2. The smallest absolute Gasteiger partial charge is 0.240 e. The van der Waals surface area contributed by atoms with Gasteiger partial charge in [-0.05, 0) is 80.0 Å². The number of benzene rings is 3. The number of nitrogens with zero attached hydrogens (tertiary/aromatic N) is 5. The standard InChI is InChI=1S/C45H51N9O4/c1-24(2)39(46)43(56)52-16-6-10-35(52)41-48-22-32(50-41)26-13-15-34-29(18-26)20-37-31-14-12-27(21-38(31)58-45(54(34)37)28-8-5-9-30(55)19-28)33-23-49-42(51-33)36-11-7-17-53(36)44(57)40(47)25(3)4/h5,8-9,12-15,18-25,35-36,39-40,45,55H,6-7,10-11,16-17,46-47H2,1-4H3,(H,48,50)(H,49,51)/t35-,36-,39-,40-,45?/m0/s1. The molecule has 1 unspecified atom stereocenters. The molecule has 9 rings (SSSR count). The van der Waals surface area contributed by atoms with Gasteiger partial charge in [-0.2, -0.15) is 0 Å². The maximum absolute atomic E-state index is 13.3. The number of fused-ring (bicyclic) bond motifs is 5. The van der Waals surface area contributed by atoms with Crippen LogP contribution in [0.2, 0.25) is 0 Å². The zero-order valence-corrected chi connectivity index (χ0v) is 33.4. The summed E-state index contributed by atoms with van der Waals surface area (Å²) in [4.78, 5) is 46.8. The number of amides is 2. The molecule has 13 nitrogen and oxygen atoms in total. The van der Waals surface area contributed by atoms with Gasteiger partial charge in [0.15, 0.2) is 0 Å². The van der Waals surface area contributed by atoms with Gasteiger partial charge in [0.1, 0.15) is 23.1 Å². The van der Waals surface area contributed by atoms with Crippen molar-refractivity contribution in [2.75, 3.05) is 13.1 Å². The second-order valence-electron chi connectivity index (χ2n) is 16.7. The number of phenols is 1. The normalized spacial score (nSPS) is 20.1. The largest absolute Gasteiger partial charge is 0.508 e. The van der Waals surface area contributed by atoms with E-state index in [-0.39, 0.29) is 41.5 Å². The van der Waals surface area contributed by atoms with Crippen molar-refractivity contribution in [3.05, 3.63) is 96.3 Å². The predicted octanol–water partition coefficient (Wildman–Crippen LogP) is 7.03. The maximum Gasteiger partial charge on any atom is 0.240 e. The molecule has 0 saturated carbocycles. The monoisotopic (exact) mass is 781 g/mol. The summed E-state index contributed by atoms with van der Waals surface area (Å²) in [5.41, 5.74) is 19.8. The number of hydrogen-bond donors (Lipinski definition) is 5. The van der Waals surface area contributed by atoms with Crippen LogP contribution in [0.3, 0.4) is 0 Å². The van der Waals surface area contributed by atoms with E-state index in [0.717, 1.165) is 87.6 Å². The Morgan fingerprint density at radius 3 is 1.95 bits per heavy atom. The molecule has 2 fully saturated rings. The number of carbonyl (C=O) groups is 2. The van der Waals surface area contributed by atoms with E-state index in [1.165, 1.54) is 0 Å². The lowest BCUT2D eigenvalue weighted by Crippen LogP contribution is -2.46. The minimum atomic E-state index is -0.560. The number of nitrogens with one attached hydrogen (secondary N) is 2. The third-order valence-electron chi connectivity index (χ3n) is 12.2. The minimum absolute atomic E-state index is 0.0299. The summed E-state index contributed by atoms with van der Waals surface area (Å²) in [6, 6.07) is 20.5. The Morgan fingerprint density at radius 1 is 0.776 bits per heavy atom. The molecule has 6 heterocycles. The lowest BCUT2D eigenvalue weighted by molar-refractivity contribution is -0.135. The third-order valence-corrected chi connectivity index (χ3v) is 12.2. The SMILES string of the molecule is CC(C)[C@H](N)C(=O)N1CCC[C@H]1c1ncc(-c2ccc3c(c2)OC(c2cccc(O)c2)n2c-3cc3cc(-c4cnc([C@@H]5CCCN5C(=O)[C@@H](N)C(C)C)[nH]4)ccc32)[nH]1. The van der Waals surface area contributed by atoms with Crippen LogP contribution in [-0.4, -0.2) is 76.4 Å². The maximum atomic E-state index is 13.3. The summed E-state index contributed by atoms with van der Waals surface area (Å²) in [6.07, 6.45) is 6.56. The predicted molar refractivity (Wildman–Crippen MR) is 222 cm³/mol. The first-order valence-corrected chi connectivity index (χ1v) is 20.4. The van der Waals surface area contributed by atoms with Gasteiger partial charge in [-0.25, -0.2) is 9.97 Å². The van der Waals surface area contributed by atoms with Crippen molar-refractivity contribution in [3.63, 3.8) is 0 Å². The Balaban J connectivity index is 1.05. The lowest BCUT2D eigenvalue weighted by Gasteiger charge is -2.30. The molecule has 58 heavy (non-hydrogen) atoms. The summed E-state index contributed by atoms with van der Waals surface area (Å²) in [5.74, 6) is 2.40. The Kier molecular flexibility index (Phi) is 9.60. The Labute approximate surface area is 337 Å². The molecular formula is C45H51N9O4. The zero-order chi connectivity index (χ0) is 40.4.